The fourth-order valence-corrected chi connectivity index (χ4v) is 4.50. The first kappa shape index (κ1) is 18.8. The topological polar surface area (TPSA) is 43.9 Å². The summed E-state index contributed by atoms with van der Waals surface area (Å²) in [6.07, 6.45) is 0.207. The van der Waals surface area contributed by atoms with Crippen LogP contribution in [0.15, 0.2) is 66.7 Å². The molecule has 0 bridgehead atoms. The summed E-state index contributed by atoms with van der Waals surface area (Å²) in [6, 6.07) is 19.5. The molecule has 2 aliphatic heterocycles. The number of fused-ring (bicyclic) bond motifs is 1. The van der Waals surface area contributed by atoms with Gasteiger partial charge in [-0.1, -0.05) is 36.4 Å². The molecule has 0 N–H and O–H groups in total. The third-order valence-electron chi connectivity index (χ3n) is 6.08. The van der Waals surface area contributed by atoms with Crippen molar-refractivity contribution in [3.05, 3.63) is 72.5 Å². The number of piperazine rings is 1. The Labute approximate surface area is 174 Å². The van der Waals surface area contributed by atoms with Crippen LogP contribution in [0, 0.1) is 5.82 Å². The number of rotatable bonds is 3. The van der Waals surface area contributed by atoms with Crippen LogP contribution in [0.25, 0.3) is 10.8 Å². The lowest BCUT2D eigenvalue weighted by atomic mass is 10.1. The molecule has 0 radical (unpaired) electrons. The Morgan fingerprint density at radius 3 is 2.27 bits per heavy atom. The van der Waals surface area contributed by atoms with Crippen LogP contribution in [0.2, 0.25) is 0 Å². The predicted molar refractivity (Wildman–Crippen MR) is 115 cm³/mol. The summed E-state index contributed by atoms with van der Waals surface area (Å²) in [7, 11) is 0. The van der Waals surface area contributed by atoms with Crippen LogP contribution >= 0.6 is 0 Å². The molecule has 5 rings (SSSR count). The molecule has 0 spiro atoms. The Morgan fingerprint density at radius 1 is 0.800 bits per heavy atom. The van der Waals surface area contributed by atoms with Crippen molar-refractivity contribution in [3.8, 4) is 0 Å². The summed E-state index contributed by atoms with van der Waals surface area (Å²) in [5, 5.41) is 1.91. The van der Waals surface area contributed by atoms with E-state index < -0.39 is 6.04 Å². The van der Waals surface area contributed by atoms with Crippen LogP contribution < -0.4 is 9.80 Å². The first-order valence-electron chi connectivity index (χ1n) is 10.2. The average molecular weight is 403 g/mol. The van der Waals surface area contributed by atoms with E-state index in [-0.39, 0.29) is 24.1 Å². The third-order valence-corrected chi connectivity index (χ3v) is 6.08. The van der Waals surface area contributed by atoms with E-state index in [9.17, 15) is 14.0 Å². The van der Waals surface area contributed by atoms with Crippen molar-refractivity contribution in [3.63, 3.8) is 0 Å². The van der Waals surface area contributed by atoms with E-state index in [2.05, 4.69) is 9.80 Å². The lowest BCUT2D eigenvalue weighted by molar-refractivity contribution is -0.123. The zero-order valence-corrected chi connectivity index (χ0v) is 16.5. The maximum Gasteiger partial charge on any atom is 0.251 e. The van der Waals surface area contributed by atoms with Gasteiger partial charge in [0.2, 0.25) is 5.91 Å². The monoisotopic (exact) mass is 403 g/mol. The maximum absolute atomic E-state index is 13.3. The smallest absolute Gasteiger partial charge is 0.251 e. The van der Waals surface area contributed by atoms with E-state index in [1.807, 2.05) is 42.5 Å². The molecule has 5 nitrogen and oxygen atoms in total. The van der Waals surface area contributed by atoms with Gasteiger partial charge in [0.1, 0.15) is 5.82 Å². The Hall–Kier alpha value is -3.25. The van der Waals surface area contributed by atoms with Gasteiger partial charge in [0.25, 0.3) is 5.91 Å². The number of carbonyl (C=O) groups is 2. The molecule has 0 aromatic heterocycles. The van der Waals surface area contributed by atoms with Gasteiger partial charge in [0, 0.05) is 37.3 Å². The largest absolute Gasteiger partial charge is 0.369 e. The molecule has 2 saturated heterocycles. The van der Waals surface area contributed by atoms with Gasteiger partial charge in [-0.2, -0.15) is 0 Å². The Balaban J connectivity index is 1.33. The van der Waals surface area contributed by atoms with Crippen LogP contribution in [0.5, 0.6) is 0 Å². The molecule has 152 valence electrons. The quantitative estimate of drug-likeness (QED) is 0.629. The second-order valence-corrected chi connectivity index (χ2v) is 7.79. The molecule has 1 atom stereocenters. The number of carbonyl (C=O) groups excluding carboxylic acids is 2. The molecular weight excluding hydrogens is 381 g/mol. The van der Waals surface area contributed by atoms with Gasteiger partial charge in [-0.25, -0.2) is 9.29 Å². The summed E-state index contributed by atoms with van der Waals surface area (Å²) in [5.74, 6) is -0.546. The standard InChI is InChI=1S/C24H22FN3O2/c25-18-8-10-19(11-9-18)26-12-14-27(15-13-26)22-16-23(29)28(24(22)30)21-7-3-5-17-4-1-2-6-20(17)21/h1-11,22H,12-16H2. The summed E-state index contributed by atoms with van der Waals surface area (Å²) >= 11 is 0. The predicted octanol–water partition coefficient (Wildman–Crippen LogP) is 3.43. The minimum Gasteiger partial charge on any atom is -0.369 e. The molecule has 2 amide bonds. The molecular formula is C24H22FN3O2. The van der Waals surface area contributed by atoms with E-state index in [1.165, 1.54) is 17.0 Å². The molecule has 6 heteroatoms. The van der Waals surface area contributed by atoms with Crippen molar-refractivity contribution in [2.24, 2.45) is 0 Å². The van der Waals surface area contributed by atoms with Gasteiger partial charge in [-0.15, -0.1) is 0 Å². The van der Waals surface area contributed by atoms with Gasteiger partial charge < -0.3 is 4.90 Å². The number of nitrogens with zero attached hydrogens (tertiary/aromatic N) is 3. The van der Waals surface area contributed by atoms with Gasteiger partial charge in [-0.3, -0.25) is 14.5 Å². The number of hydrogen-bond donors (Lipinski definition) is 0. The molecule has 2 heterocycles. The van der Waals surface area contributed by atoms with Crippen LogP contribution in [-0.4, -0.2) is 48.9 Å². The molecule has 0 aliphatic carbocycles. The van der Waals surface area contributed by atoms with Gasteiger partial charge in [0.05, 0.1) is 18.2 Å². The lowest BCUT2D eigenvalue weighted by Gasteiger charge is -2.38. The second-order valence-electron chi connectivity index (χ2n) is 7.79. The SMILES string of the molecule is O=C1CC(N2CCN(c3ccc(F)cc3)CC2)C(=O)N1c1cccc2ccccc12. The fraction of sp³-hybridized carbons (Fsp3) is 0.250. The molecule has 0 saturated carbocycles. The second kappa shape index (κ2) is 7.54. The minimum atomic E-state index is -0.424. The molecule has 30 heavy (non-hydrogen) atoms. The van der Waals surface area contributed by atoms with E-state index in [1.54, 1.807) is 12.1 Å². The van der Waals surface area contributed by atoms with Crippen molar-refractivity contribution in [1.29, 1.82) is 0 Å². The highest BCUT2D eigenvalue weighted by Gasteiger charge is 2.43. The zero-order valence-electron chi connectivity index (χ0n) is 16.5. The van der Waals surface area contributed by atoms with Crippen molar-refractivity contribution >= 4 is 34.0 Å². The highest BCUT2D eigenvalue weighted by Crippen LogP contribution is 2.32. The molecule has 2 aliphatic rings. The summed E-state index contributed by atoms with van der Waals surface area (Å²) in [6.45, 7) is 2.84. The fourth-order valence-electron chi connectivity index (χ4n) is 4.50. The third kappa shape index (κ3) is 3.23. The van der Waals surface area contributed by atoms with Gasteiger partial charge >= 0.3 is 0 Å². The summed E-state index contributed by atoms with van der Waals surface area (Å²) in [4.78, 5) is 31.7. The van der Waals surface area contributed by atoms with Crippen LogP contribution in [0.3, 0.4) is 0 Å². The number of benzene rings is 3. The number of hydrogen-bond acceptors (Lipinski definition) is 4. The summed E-state index contributed by atoms with van der Waals surface area (Å²) in [5.41, 5.74) is 1.64. The molecule has 3 aromatic carbocycles. The van der Waals surface area contributed by atoms with Crippen molar-refractivity contribution in [2.75, 3.05) is 36.0 Å². The Bertz CT molecular complexity index is 1100. The molecule has 3 aromatic rings. The highest BCUT2D eigenvalue weighted by atomic mass is 19.1. The average Bonchev–Trinajstić information content (AvgIpc) is 3.08. The first-order chi connectivity index (χ1) is 14.6. The highest BCUT2D eigenvalue weighted by molar-refractivity contribution is 6.25. The number of anilines is 2. The number of imide groups is 1. The minimum absolute atomic E-state index is 0.147. The van der Waals surface area contributed by atoms with E-state index in [4.69, 9.17) is 0 Å². The van der Waals surface area contributed by atoms with Crippen molar-refractivity contribution < 1.29 is 14.0 Å². The van der Waals surface area contributed by atoms with Crippen LogP contribution in [0.4, 0.5) is 15.8 Å². The molecule has 1 unspecified atom stereocenters. The zero-order chi connectivity index (χ0) is 20.7. The van der Waals surface area contributed by atoms with Crippen molar-refractivity contribution in [2.45, 2.75) is 12.5 Å². The van der Waals surface area contributed by atoms with Gasteiger partial charge in [0.15, 0.2) is 0 Å². The Morgan fingerprint density at radius 2 is 1.50 bits per heavy atom. The number of amides is 2. The Kier molecular flexibility index (Phi) is 4.71. The van der Waals surface area contributed by atoms with E-state index in [0.29, 0.717) is 18.8 Å². The van der Waals surface area contributed by atoms with Gasteiger partial charge in [-0.05, 0) is 35.7 Å². The number of halogens is 1. The first-order valence-corrected chi connectivity index (χ1v) is 10.2. The summed E-state index contributed by atoms with van der Waals surface area (Å²) < 4.78 is 13.2. The van der Waals surface area contributed by atoms with E-state index in [0.717, 1.165) is 29.5 Å². The lowest BCUT2D eigenvalue weighted by Crippen LogP contribution is -2.52. The van der Waals surface area contributed by atoms with Crippen LogP contribution in [0.1, 0.15) is 6.42 Å². The maximum atomic E-state index is 13.3. The van der Waals surface area contributed by atoms with E-state index >= 15 is 0 Å². The molecule has 2 fully saturated rings. The van der Waals surface area contributed by atoms with Crippen molar-refractivity contribution in [1.82, 2.24) is 4.90 Å². The normalized spacial score (nSPS) is 20.4. The van der Waals surface area contributed by atoms with Crippen LogP contribution in [-0.2, 0) is 9.59 Å².